The van der Waals surface area contributed by atoms with E-state index in [4.69, 9.17) is 28.4 Å². The number of carbonyl (C=O) groups is 6. The zero-order valence-corrected chi connectivity index (χ0v) is 62.1. The van der Waals surface area contributed by atoms with Crippen molar-refractivity contribution in [2.75, 3.05) is 71.5 Å². The highest BCUT2D eigenvalue weighted by atomic mass is 16.6. The summed E-state index contributed by atoms with van der Waals surface area (Å²) in [6.45, 7) is 10.6. The maximum absolute atomic E-state index is 13.9. The Kier molecular flexibility index (Phi) is 26.1. The molecule has 105 heavy (non-hydrogen) atoms. The van der Waals surface area contributed by atoms with Crippen molar-refractivity contribution in [3.05, 3.63) is 107 Å². The van der Waals surface area contributed by atoms with Crippen molar-refractivity contribution in [3.8, 4) is 0 Å². The highest BCUT2D eigenvalue weighted by molar-refractivity contribution is 6.10. The van der Waals surface area contributed by atoms with Gasteiger partial charge in [-0.05, 0) is 89.1 Å². The summed E-state index contributed by atoms with van der Waals surface area (Å²) in [5.74, 6) is -6.38. The van der Waals surface area contributed by atoms with Gasteiger partial charge in [-0.1, -0.05) is 191 Å². The van der Waals surface area contributed by atoms with Gasteiger partial charge in [0.2, 0.25) is 0 Å². The maximum atomic E-state index is 13.9. The van der Waals surface area contributed by atoms with Crippen molar-refractivity contribution in [2.24, 2.45) is 0 Å². The van der Waals surface area contributed by atoms with E-state index in [1.807, 2.05) is 98.8 Å². The quantitative estimate of drug-likeness (QED) is 0.00971. The van der Waals surface area contributed by atoms with Crippen LogP contribution < -0.4 is 31.9 Å². The third-order valence-electron chi connectivity index (χ3n) is 21.8. The Bertz CT molecular complexity index is 3740. The van der Waals surface area contributed by atoms with Gasteiger partial charge in [-0.25, -0.2) is 0 Å². The first-order valence-corrected chi connectivity index (χ1v) is 38.9. The molecule has 0 radical (unpaired) electrons. The number of unbranched alkanes of at least 4 members (excludes halogenated alkanes) is 12. The third kappa shape index (κ3) is 17.4. The Labute approximate surface area is 616 Å². The van der Waals surface area contributed by atoms with Crippen LogP contribution in [0.15, 0.2) is 84.9 Å². The zero-order valence-electron chi connectivity index (χ0n) is 62.1. The lowest BCUT2D eigenvalue weighted by atomic mass is 9.61. The van der Waals surface area contributed by atoms with Gasteiger partial charge in [0.05, 0.1) is 24.4 Å². The van der Waals surface area contributed by atoms with E-state index in [9.17, 15) is 49.2 Å². The predicted molar refractivity (Wildman–Crippen MR) is 407 cm³/mol. The smallest absolute Gasteiger partial charge is 0.305 e. The zero-order chi connectivity index (χ0) is 74.4. The molecule has 6 aromatic carbocycles. The van der Waals surface area contributed by atoms with Gasteiger partial charge in [-0.3, -0.25) is 28.8 Å². The standard InChI is InChI=1S/C83H110N6O16/c1-7-13-19-31-60(90)100-45-81(46-101-61(91)32-20-14-8-2)84-58-29-25-27-51-37-41-54(73(86-81)66(51)58)69-77(96)71(78(69)97)56-43-39-53-40-44-57(76-68(53)75(56)88-83(89-76,49-104-64(94)35-23-17-11-5)50-105-65(95)36-24-18-12-6)72-79(98)70(80(72)99)55-42-38-52-28-26-30-59-67(52)74(55)87-82(85-59,47-102-62(92)33-21-15-9-3)48-103-63(93)34-22-16-10-4/h25-30,37-44,69-72,77-80,84-89,96-99H,7-24,31-36,45-50H2,1-6H3. The number of esters is 6. The number of nitrogens with one attached hydrogen (secondary N) is 6. The van der Waals surface area contributed by atoms with Gasteiger partial charge in [0.1, 0.15) is 39.6 Å². The second kappa shape index (κ2) is 35.3. The molecule has 4 unspecified atom stereocenters. The molecule has 0 amide bonds. The van der Waals surface area contributed by atoms with Crippen molar-refractivity contribution in [3.63, 3.8) is 0 Å². The number of aliphatic hydroxyl groups is 4. The number of benzene rings is 6. The van der Waals surface area contributed by atoms with Crippen LogP contribution in [0.1, 0.15) is 242 Å². The fraction of sp³-hybridized carbons (Fsp3) is 0.566. The lowest BCUT2D eigenvalue weighted by Crippen LogP contribution is -2.58. The molecular formula is C83H110N6O16. The highest BCUT2D eigenvalue weighted by Crippen LogP contribution is 2.59. The third-order valence-corrected chi connectivity index (χ3v) is 21.8. The molecule has 2 fully saturated rings. The molecule has 22 nitrogen and oxygen atoms in total. The van der Waals surface area contributed by atoms with Crippen LogP contribution >= 0.6 is 0 Å². The van der Waals surface area contributed by atoms with E-state index in [1.54, 1.807) is 0 Å². The van der Waals surface area contributed by atoms with Gasteiger partial charge in [-0.15, -0.1) is 0 Å². The van der Waals surface area contributed by atoms with Crippen molar-refractivity contribution in [2.45, 2.75) is 261 Å². The lowest BCUT2D eigenvalue weighted by Gasteiger charge is -2.51. The van der Waals surface area contributed by atoms with Crippen LogP contribution in [-0.2, 0) is 57.2 Å². The van der Waals surface area contributed by atoms with E-state index in [0.717, 1.165) is 98.6 Å². The minimum atomic E-state index is -1.62. The SMILES string of the molecule is CCCCCC(=O)OCC1(COC(=O)CCCCC)Nc2cccc3ccc(C4C(O)C(c5ccc6ccc(C7C(O)C(c8ccc9cccc%10c9c8NC(COC(=O)CCCCC)(COC(=O)CCCCC)N%10)C7O)c7c6c5NC(COC(=O)CCCCC)(COC(=O)CCCCC)N7)C4O)c(c23)N1. The van der Waals surface area contributed by atoms with E-state index >= 15 is 0 Å². The summed E-state index contributed by atoms with van der Waals surface area (Å²) in [7, 11) is 0. The molecule has 22 heteroatoms. The first-order chi connectivity index (χ1) is 50.8. The molecule has 0 bridgehead atoms. The normalized spacial score (nSPS) is 21.0. The number of ether oxygens (including phenoxy) is 6. The van der Waals surface area contributed by atoms with E-state index in [0.29, 0.717) is 106 Å². The molecule has 568 valence electrons. The summed E-state index contributed by atoms with van der Waals surface area (Å²) in [4.78, 5) is 81.3. The Balaban J connectivity index is 0.976. The lowest BCUT2D eigenvalue weighted by molar-refractivity contribution is -0.150. The molecule has 6 aromatic rings. The van der Waals surface area contributed by atoms with E-state index in [-0.39, 0.29) is 78.2 Å². The van der Waals surface area contributed by atoms with Gasteiger partial charge in [0, 0.05) is 112 Å². The monoisotopic (exact) mass is 1450 g/mol. The molecular weight excluding hydrogens is 1340 g/mol. The molecule has 11 rings (SSSR count). The average Bonchev–Trinajstić information content (AvgIpc) is 0.706. The van der Waals surface area contributed by atoms with Crippen LogP contribution in [0.25, 0.3) is 32.3 Å². The topological polar surface area (TPSA) is 311 Å². The fourth-order valence-electron chi connectivity index (χ4n) is 15.9. The van der Waals surface area contributed by atoms with Crippen molar-refractivity contribution in [1.82, 2.24) is 0 Å². The van der Waals surface area contributed by atoms with Crippen LogP contribution in [0.4, 0.5) is 34.1 Å². The molecule has 2 aliphatic carbocycles. The molecule has 10 N–H and O–H groups in total. The Morgan fingerprint density at radius 1 is 0.295 bits per heavy atom. The average molecular weight is 1450 g/mol. The summed E-state index contributed by atoms with van der Waals surface area (Å²) < 4.78 is 36.4. The Morgan fingerprint density at radius 3 is 0.752 bits per heavy atom. The summed E-state index contributed by atoms with van der Waals surface area (Å²) in [5.41, 5.74) is 0.983. The maximum Gasteiger partial charge on any atom is 0.305 e. The molecule has 4 atom stereocenters. The van der Waals surface area contributed by atoms with E-state index in [1.165, 1.54) is 0 Å². The fourth-order valence-corrected chi connectivity index (χ4v) is 15.9. The van der Waals surface area contributed by atoms with Crippen molar-refractivity contribution < 1.29 is 77.6 Å². The largest absolute Gasteiger partial charge is 0.461 e. The summed E-state index contributed by atoms with van der Waals surface area (Å²) in [6.07, 6.45) is 10.2. The molecule has 3 heterocycles. The second-order valence-corrected chi connectivity index (χ2v) is 29.8. The van der Waals surface area contributed by atoms with Gasteiger partial charge >= 0.3 is 35.8 Å². The van der Waals surface area contributed by atoms with Gasteiger partial charge in [-0.2, -0.15) is 0 Å². The number of hydrogen-bond acceptors (Lipinski definition) is 22. The predicted octanol–water partition coefficient (Wildman–Crippen LogP) is 14.7. The second-order valence-electron chi connectivity index (χ2n) is 29.8. The molecule has 3 aliphatic heterocycles. The van der Waals surface area contributed by atoms with Crippen molar-refractivity contribution in [1.29, 1.82) is 0 Å². The summed E-state index contributed by atoms with van der Waals surface area (Å²) in [5, 5.41) is 78.4. The highest BCUT2D eigenvalue weighted by Gasteiger charge is 2.57. The molecule has 5 aliphatic rings. The first-order valence-electron chi connectivity index (χ1n) is 38.9. The van der Waals surface area contributed by atoms with Gasteiger partial charge in [0.15, 0.2) is 17.0 Å². The number of carbonyl (C=O) groups excluding carboxylic acids is 6. The Morgan fingerprint density at radius 2 is 0.514 bits per heavy atom. The number of hydrogen-bond donors (Lipinski definition) is 10. The minimum Gasteiger partial charge on any atom is -0.461 e. The van der Waals surface area contributed by atoms with E-state index < -0.39 is 101 Å². The van der Waals surface area contributed by atoms with Gasteiger partial charge in [0.25, 0.3) is 0 Å². The molecule has 2 saturated carbocycles. The van der Waals surface area contributed by atoms with Gasteiger partial charge < -0.3 is 80.7 Å². The first kappa shape index (κ1) is 77.7. The number of aliphatic hydroxyl groups excluding tert-OH is 4. The summed E-state index contributed by atoms with van der Waals surface area (Å²) in [6, 6.07) is 26.5. The van der Waals surface area contributed by atoms with Crippen LogP contribution in [0.3, 0.4) is 0 Å². The van der Waals surface area contributed by atoms with Crippen LogP contribution in [0.5, 0.6) is 0 Å². The molecule has 0 spiro atoms. The Hall–Kier alpha value is -8.44. The van der Waals surface area contributed by atoms with Crippen molar-refractivity contribution >= 4 is 102 Å². The van der Waals surface area contributed by atoms with E-state index in [2.05, 4.69) is 59.6 Å². The number of anilines is 6. The minimum absolute atomic E-state index is 0.129. The molecule has 0 aromatic heterocycles. The summed E-state index contributed by atoms with van der Waals surface area (Å²) >= 11 is 0. The van der Waals surface area contributed by atoms with Crippen LogP contribution in [0.2, 0.25) is 0 Å². The number of rotatable bonds is 40. The van der Waals surface area contributed by atoms with Crippen LogP contribution in [-0.4, -0.2) is 137 Å². The van der Waals surface area contributed by atoms with Crippen LogP contribution in [0, 0.1) is 0 Å². The molecule has 0 saturated heterocycles.